The molecule has 2 aromatic heterocycles. The molecule has 2 aliphatic rings. The van der Waals surface area contributed by atoms with Gasteiger partial charge in [0.2, 0.25) is 5.91 Å². The lowest BCUT2D eigenvalue weighted by molar-refractivity contribution is -0.119. The van der Waals surface area contributed by atoms with E-state index in [4.69, 9.17) is 9.47 Å². The summed E-state index contributed by atoms with van der Waals surface area (Å²) < 4.78 is 10.4. The molecule has 4 rings (SSSR count). The molecule has 0 unspecified atom stereocenters. The molecule has 0 aromatic carbocycles. The second-order valence-electron chi connectivity index (χ2n) is 11.9. The molecule has 0 spiro atoms. The van der Waals surface area contributed by atoms with Crippen LogP contribution in [0.2, 0.25) is 51.4 Å². The first kappa shape index (κ1) is 31.1. The molecule has 0 atom stereocenters. The second-order valence-corrected chi connectivity index (χ2v) is 26.5. The fraction of sp³-hybridized carbons (Fsp3) is 0.538. The minimum absolute atomic E-state index is 0.0803. The normalized spacial score (nSPS) is 16.3. The van der Waals surface area contributed by atoms with Crippen LogP contribution >= 0.6 is 31.9 Å². The van der Waals surface area contributed by atoms with Crippen molar-refractivity contribution in [3.05, 3.63) is 47.8 Å². The molecular formula is C26H38Br2N4O4Si2. The number of anilines is 2. The Kier molecular flexibility index (Phi) is 10.5. The summed E-state index contributed by atoms with van der Waals surface area (Å²) in [5.74, 6) is 1.39. The van der Waals surface area contributed by atoms with E-state index in [1.165, 1.54) is 0 Å². The van der Waals surface area contributed by atoms with Gasteiger partial charge in [-0.3, -0.25) is 19.4 Å². The van der Waals surface area contributed by atoms with Gasteiger partial charge in [-0.1, -0.05) is 83.3 Å². The summed E-state index contributed by atoms with van der Waals surface area (Å²) in [6, 6.07) is 9.71. The Morgan fingerprint density at radius 3 is 1.95 bits per heavy atom. The number of alkyl halides is 2. The molecule has 0 saturated carbocycles. The third kappa shape index (κ3) is 8.28. The van der Waals surface area contributed by atoms with Crippen LogP contribution in [-0.4, -0.2) is 64.6 Å². The Labute approximate surface area is 244 Å². The van der Waals surface area contributed by atoms with E-state index < -0.39 is 19.4 Å². The van der Waals surface area contributed by atoms with E-state index in [0.29, 0.717) is 25.6 Å². The maximum Gasteiger partial charge on any atom is 0.262 e. The monoisotopic (exact) mass is 684 g/mol. The van der Waals surface area contributed by atoms with Crippen LogP contribution in [0, 0.1) is 0 Å². The van der Waals surface area contributed by atoms with Crippen molar-refractivity contribution in [2.75, 3.05) is 36.5 Å². The van der Waals surface area contributed by atoms with Crippen LogP contribution in [-0.2, 0) is 28.7 Å². The van der Waals surface area contributed by atoms with Crippen molar-refractivity contribution in [3.8, 4) is 0 Å². The van der Waals surface area contributed by atoms with Crippen LogP contribution in [0.25, 0.3) is 0 Å². The number of hydrogen-bond acceptors (Lipinski definition) is 6. The zero-order valence-corrected chi connectivity index (χ0v) is 28.3. The summed E-state index contributed by atoms with van der Waals surface area (Å²) in [4.78, 5) is 36.0. The van der Waals surface area contributed by atoms with Crippen LogP contribution in [0.4, 0.5) is 11.6 Å². The van der Waals surface area contributed by atoms with Gasteiger partial charge in [-0.05, 0) is 24.2 Å². The third-order valence-corrected chi connectivity index (χ3v) is 11.0. The largest absolute Gasteiger partial charge is 0.361 e. The maximum absolute atomic E-state index is 12.4. The summed E-state index contributed by atoms with van der Waals surface area (Å²) in [7, 11) is -2.18. The van der Waals surface area contributed by atoms with E-state index in [2.05, 4.69) is 81.1 Å². The van der Waals surface area contributed by atoms with Gasteiger partial charge < -0.3 is 9.47 Å². The standard InChI is InChI=1S/C13H18Br2N2O2Si.C13H20N2O2Si/c1-20(2,3)8-7-19-9-17-11-10(5-4-6-16-11)13(14,15)12(17)18;1-18(2,3)8-7-17-10-15-12(16)9-11-5-4-6-14-13(11)15/h4-6H,7-9H2,1-3H3;4-6H,7-10H2,1-3H3. The highest BCUT2D eigenvalue weighted by molar-refractivity contribution is 9.25. The van der Waals surface area contributed by atoms with Crippen molar-refractivity contribution < 1.29 is 19.1 Å². The molecule has 2 amide bonds. The highest BCUT2D eigenvalue weighted by Gasteiger charge is 2.48. The van der Waals surface area contributed by atoms with Crippen molar-refractivity contribution in [2.24, 2.45) is 0 Å². The molecule has 2 aromatic rings. The van der Waals surface area contributed by atoms with E-state index in [-0.39, 0.29) is 18.5 Å². The zero-order valence-electron chi connectivity index (χ0n) is 23.1. The molecule has 2 aliphatic heterocycles. The van der Waals surface area contributed by atoms with Gasteiger partial charge in [-0.2, -0.15) is 0 Å². The molecule has 0 N–H and O–H groups in total. The number of carbonyl (C=O) groups is 2. The van der Waals surface area contributed by atoms with Crippen molar-refractivity contribution in [2.45, 2.75) is 61.0 Å². The van der Waals surface area contributed by atoms with E-state index in [1.807, 2.05) is 24.3 Å². The van der Waals surface area contributed by atoms with E-state index in [9.17, 15) is 9.59 Å². The number of pyridine rings is 2. The molecular weight excluding hydrogens is 648 g/mol. The molecule has 0 bridgehead atoms. The highest BCUT2D eigenvalue weighted by Crippen LogP contribution is 2.49. The number of aromatic nitrogens is 2. The summed E-state index contributed by atoms with van der Waals surface area (Å²) >= 11 is 6.85. The first-order valence-electron chi connectivity index (χ1n) is 12.8. The number of carbonyl (C=O) groups excluding carboxylic acids is 2. The minimum Gasteiger partial charge on any atom is -0.361 e. The first-order valence-corrected chi connectivity index (χ1v) is 21.8. The van der Waals surface area contributed by atoms with Crippen molar-refractivity contribution in [1.82, 2.24) is 9.97 Å². The number of amides is 2. The van der Waals surface area contributed by atoms with Crippen LogP contribution in [0.1, 0.15) is 11.1 Å². The number of ether oxygens (including phenoxy) is 2. The fourth-order valence-corrected chi connectivity index (χ4v) is 6.31. The summed E-state index contributed by atoms with van der Waals surface area (Å²) in [6.45, 7) is 15.8. The predicted molar refractivity (Wildman–Crippen MR) is 165 cm³/mol. The Hall–Kier alpha value is -1.45. The third-order valence-electron chi connectivity index (χ3n) is 6.09. The number of rotatable bonds is 10. The summed E-state index contributed by atoms with van der Waals surface area (Å²) in [5, 5.41) is 0. The topological polar surface area (TPSA) is 84.9 Å². The lowest BCUT2D eigenvalue weighted by Crippen LogP contribution is -2.35. The molecule has 38 heavy (non-hydrogen) atoms. The Balaban J connectivity index is 0.000000212. The number of hydrogen-bond donors (Lipinski definition) is 0. The zero-order chi connectivity index (χ0) is 28.1. The quantitative estimate of drug-likeness (QED) is 0.174. The molecule has 208 valence electrons. The SMILES string of the molecule is C[Si](C)(C)CCOCN1C(=O)C(Br)(Br)c2cccnc21.C[Si](C)(C)CCOCN1C(=O)Cc2cccnc21. The molecule has 0 fully saturated rings. The predicted octanol–water partition coefficient (Wildman–Crippen LogP) is 5.97. The Bertz CT molecular complexity index is 1140. The number of nitrogens with zero attached hydrogens (tertiary/aromatic N) is 4. The lowest BCUT2D eigenvalue weighted by Gasteiger charge is -2.20. The van der Waals surface area contributed by atoms with Crippen molar-refractivity contribution in [3.63, 3.8) is 0 Å². The van der Waals surface area contributed by atoms with Gasteiger partial charge in [0, 0.05) is 52.9 Å². The van der Waals surface area contributed by atoms with E-state index in [1.54, 1.807) is 22.2 Å². The summed E-state index contributed by atoms with van der Waals surface area (Å²) in [6.07, 6.45) is 3.84. The van der Waals surface area contributed by atoms with E-state index in [0.717, 1.165) is 35.6 Å². The van der Waals surface area contributed by atoms with Gasteiger partial charge in [0.25, 0.3) is 5.91 Å². The number of fused-ring (bicyclic) bond motifs is 2. The van der Waals surface area contributed by atoms with Gasteiger partial charge in [-0.25, -0.2) is 9.97 Å². The second kappa shape index (κ2) is 12.8. The van der Waals surface area contributed by atoms with Crippen LogP contribution in [0.3, 0.4) is 0 Å². The molecule has 0 radical (unpaired) electrons. The van der Waals surface area contributed by atoms with Gasteiger partial charge in [0.05, 0.1) is 6.42 Å². The number of halogens is 2. The minimum atomic E-state index is -1.11. The van der Waals surface area contributed by atoms with Crippen LogP contribution < -0.4 is 9.80 Å². The average Bonchev–Trinajstić information content (AvgIpc) is 3.24. The molecule has 12 heteroatoms. The molecule has 4 heterocycles. The smallest absolute Gasteiger partial charge is 0.262 e. The Morgan fingerprint density at radius 2 is 1.37 bits per heavy atom. The highest BCUT2D eigenvalue weighted by atomic mass is 79.9. The molecule has 0 aliphatic carbocycles. The van der Waals surface area contributed by atoms with Gasteiger partial charge in [-0.15, -0.1) is 0 Å². The molecule has 8 nitrogen and oxygen atoms in total. The lowest BCUT2D eigenvalue weighted by atomic mass is 10.2. The van der Waals surface area contributed by atoms with E-state index >= 15 is 0 Å². The van der Waals surface area contributed by atoms with Gasteiger partial charge >= 0.3 is 0 Å². The van der Waals surface area contributed by atoms with Crippen molar-refractivity contribution >= 4 is 71.5 Å². The first-order chi connectivity index (χ1) is 17.7. The maximum atomic E-state index is 12.4. The van der Waals surface area contributed by atoms with Crippen molar-refractivity contribution in [1.29, 1.82) is 0 Å². The van der Waals surface area contributed by atoms with Crippen LogP contribution in [0.5, 0.6) is 0 Å². The Morgan fingerprint density at radius 1 is 0.842 bits per heavy atom. The van der Waals surface area contributed by atoms with Gasteiger partial charge in [0.1, 0.15) is 25.1 Å². The molecule has 0 saturated heterocycles. The van der Waals surface area contributed by atoms with Crippen LogP contribution in [0.15, 0.2) is 36.7 Å². The fourth-order valence-electron chi connectivity index (χ4n) is 3.75. The average molecular weight is 687 g/mol. The van der Waals surface area contributed by atoms with Gasteiger partial charge in [0.15, 0.2) is 3.23 Å². The summed E-state index contributed by atoms with van der Waals surface area (Å²) in [5.41, 5.74) is 1.81.